The number of hydrogen-bond acceptors (Lipinski definition) is 6. The summed E-state index contributed by atoms with van der Waals surface area (Å²) in [6.07, 6.45) is 5.51. The molecule has 2 aromatic rings. The second-order valence-electron chi connectivity index (χ2n) is 9.32. The highest BCUT2D eigenvalue weighted by molar-refractivity contribution is 6.42. The maximum Gasteiger partial charge on any atom is 0.307 e. The third kappa shape index (κ3) is 6.23. The zero-order chi connectivity index (χ0) is 24.9. The van der Waals surface area contributed by atoms with E-state index in [2.05, 4.69) is 20.2 Å². The van der Waals surface area contributed by atoms with Crippen molar-refractivity contribution in [2.75, 3.05) is 38.0 Å². The Morgan fingerprint density at radius 3 is 2.60 bits per heavy atom. The van der Waals surface area contributed by atoms with E-state index in [0.717, 1.165) is 49.8 Å². The number of nitrogens with one attached hydrogen (secondary N) is 1. The molecule has 3 heterocycles. The van der Waals surface area contributed by atoms with Gasteiger partial charge in [-0.15, -0.1) is 0 Å². The maximum absolute atomic E-state index is 13.3. The van der Waals surface area contributed by atoms with E-state index < -0.39 is 5.97 Å². The van der Waals surface area contributed by atoms with Crippen LogP contribution >= 0.6 is 23.2 Å². The Kier molecular flexibility index (Phi) is 8.46. The Hall–Kier alpha value is -2.42. The molecular formula is C25H31Cl2N5O3. The molecule has 0 saturated carbocycles. The summed E-state index contributed by atoms with van der Waals surface area (Å²) in [6.45, 7) is 5.31. The van der Waals surface area contributed by atoms with Gasteiger partial charge in [0, 0.05) is 37.8 Å². The van der Waals surface area contributed by atoms with Crippen LogP contribution in [0.4, 0.5) is 5.82 Å². The molecule has 1 aromatic heterocycles. The number of aromatic nitrogens is 2. The lowest BCUT2D eigenvalue weighted by Gasteiger charge is -2.41. The minimum absolute atomic E-state index is 0.0852. The number of likely N-dealkylation sites (tertiary alicyclic amines) is 2. The van der Waals surface area contributed by atoms with E-state index in [4.69, 9.17) is 23.2 Å². The van der Waals surface area contributed by atoms with Crippen LogP contribution in [0.15, 0.2) is 24.5 Å². The Morgan fingerprint density at radius 2 is 1.89 bits per heavy atom. The van der Waals surface area contributed by atoms with Crippen molar-refractivity contribution >= 4 is 40.9 Å². The number of carbonyl (C=O) groups excluding carboxylic acids is 1. The molecule has 2 N–H and O–H groups in total. The minimum atomic E-state index is -0.706. The summed E-state index contributed by atoms with van der Waals surface area (Å²) in [6, 6.07) is 5.90. The number of benzene rings is 1. The van der Waals surface area contributed by atoms with E-state index >= 15 is 0 Å². The van der Waals surface area contributed by atoms with Gasteiger partial charge in [0.25, 0.3) is 5.91 Å². The van der Waals surface area contributed by atoms with Crippen LogP contribution < -0.4 is 5.32 Å². The number of rotatable bonds is 7. The van der Waals surface area contributed by atoms with Crippen molar-refractivity contribution in [1.29, 1.82) is 0 Å². The summed E-state index contributed by atoms with van der Waals surface area (Å²) in [5, 5.41) is 13.7. The molecule has 10 heteroatoms. The van der Waals surface area contributed by atoms with Crippen molar-refractivity contribution in [3.63, 3.8) is 0 Å². The first kappa shape index (κ1) is 25.7. The number of nitrogens with zero attached hydrogens (tertiary/aromatic N) is 4. The molecule has 1 atom stereocenters. The van der Waals surface area contributed by atoms with Crippen LogP contribution in [0.2, 0.25) is 10.0 Å². The predicted molar refractivity (Wildman–Crippen MR) is 136 cm³/mol. The lowest BCUT2D eigenvalue weighted by atomic mass is 9.94. The Labute approximate surface area is 215 Å². The highest BCUT2D eigenvalue weighted by Gasteiger charge is 2.33. The number of carbonyl (C=O) groups is 2. The number of carboxylic acid groups (broad SMARTS) is 1. The van der Waals surface area contributed by atoms with Gasteiger partial charge in [0.15, 0.2) is 0 Å². The van der Waals surface area contributed by atoms with Gasteiger partial charge in [-0.05, 0) is 63.3 Å². The quantitative estimate of drug-likeness (QED) is 0.566. The molecule has 188 valence electrons. The average Bonchev–Trinajstić information content (AvgIpc) is 2.87. The first-order valence-corrected chi connectivity index (χ1v) is 12.8. The van der Waals surface area contributed by atoms with E-state index in [0.29, 0.717) is 53.8 Å². The van der Waals surface area contributed by atoms with E-state index in [9.17, 15) is 14.7 Å². The second kappa shape index (κ2) is 11.5. The molecule has 0 bridgehead atoms. The van der Waals surface area contributed by atoms with Crippen molar-refractivity contribution < 1.29 is 14.7 Å². The highest BCUT2D eigenvalue weighted by atomic mass is 35.5. The molecule has 2 aliphatic heterocycles. The normalized spacial score (nSPS) is 19.5. The molecule has 2 aliphatic rings. The topological polar surface area (TPSA) is 98.7 Å². The third-order valence-electron chi connectivity index (χ3n) is 7.05. The molecule has 0 aliphatic carbocycles. The minimum Gasteiger partial charge on any atom is -0.481 e. The SMILES string of the molecule is Cc1c(NCCc2ccc(Cl)c(Cl)c2)ncnc1C(=O)N1CCC(N2CCCC(C(=O)O)C2)CC1. The van der Waals surface area contributed by atoms with Gasteiger partial charge < -0.3 is 15.3 Å². The van der Waals surface area contributed by atoms with Crippen LogP contribution in [0, 0.1) is 12.8 Å². The lowest BCUT2D eigenvalue weighted by Crippen LogP contribution is -2.50. The molecule has 1 amide bonds. The number of anilines is 1. The molecule has 35 heavy (non-hydrogen) atoms. The highest BCUT2D eigenvalue weighted by Crippen LogP contribution is 2.26. The van der Waals surface area contributed by atoms with Crippen LogP contribution in [0.3, 0.4) is 0 Å². The number of amides is 1. The van der Waals surface area contributed by atoms with Gasteiger partial charge in [-0.2, -0.15) is 0 Å². The average molecular weight is 520 g/mol. The molecule has 1 aromatic carbocycles. The largest absolute Gasteiger partial charge is 0.481 e. The van der Waals surface area contributed by atoms with Gasteiger partial charge in [0.05, 0.1) is 16.0 Å². The first-order valence-electron chi connectivity index (χ1n) is 12.1. The zero-order valence-electron chi connectivity index (χ0n) is 19.8. The number of carboxylic acids is 1. The van der Waals surface area contributed by atoms with Crippen LogP contribution in [-0.2, 0) is 11.2 Å². The van der Waals surface area contributed by atoms with Gasteiger partial charge in [-0.1, -0.05) is 29.3 Å². The van der Waals surface area contributed by atoms with E-state index in [1.165, 1.54) is 6.33 Å². The smallest absolute Gasteiger partial charge is 0.307 e. The fourth-order valence-electron chi connectivity index (χ4n) is 4.99. The molecule has 8 nitrogen and oxygen atoms in total. The van der Waals surface area contributed by atoms with Gasteiger partial charge in [0.1, 0.15) is 17.8 Å². The molecule has 0 spiro atoms. The van der Waals surface area contributed by atoms with Gasteiger partial charge in [-0.3, -0.25) is 14.5 Å². The first-order chi connectivity index (χ1) is 16.8. The monoisotopic (exact) mass is 519 g/mol. The third-order valence-corrected chi connectivity index (χ3v) is 7.79. The Balaban J connectivity index is 1.32. The van der Waals surface area contributed by atoms with E-state index in [-0.39, 0.29) is 11.8 Å². The lowest BCUT2D eigenvalue weighted by molar-refractivity contribution is -0.144. The molecule has 4 rings (SSSR count). The molecule has 1 unspecified atom stereocenters. The van der Waals surface area contributed by atoms with Crippen molar-refractivity contribution in [2.24, 2.45) is 5.92 Å². The fraction of sp³-hybridized carbons (Fsp3) is 0.520. The molecule has 2 saturated heterocycles. The van der Waals surface area contributed by atoms with Crippen LogP contribution in [0.1, 0.15) is 47.3 Å². The number of hydrogen-bond donors (Lipinski definition) is 2. The summed E-state index contributed by atoms with van der Waals surface area (Å²) in [7, 11) is 0. The van der Waals surface area contributed by atoms with Gasteiger partial charge in [0.2, 0.25) is 0 Å². The van der Waals surface area contributed by atoms with Crippen molar-refractivity contribution in [1.82, 2.24) is 19.8 Å². The summed E-state index contributed by atoms with van der Waals surface area (Å²) < 4.78 is 0. The summed E-state index contributed by atoms with van der Waals surface area (Å²) in [5.41, 5.74) is 2.20. The van der Waals surface area contributed by atoms with Gasteiger partial charge >= 0.3 is 5.97 Å². The van der Waals surface area contributed by atoms with E-state index in [1.54, 1.807) is 6.07 Å². The summed E-state index contributed by atoms with van der Waals surface area (Å²) in [4.78, 5) is 37.4. The fourth-order valence-corrected chi connectivity index (χ4v) is 5.31. The summed E-state index contributed by atoms with van der Waals surface area (Å²) in [5.74, 6) is -0.429. The zero-order valence-corrected chi connectivity index (χ0v) is 21.4. The van der Waals surface area contributed by atoms with E-state index in [1.807, 2.05) is 24.0 Å². The number of halogens is 2. The predicted octanol–water partition coefficient (Wildman–Crippen LogP) is 4.15. The van der Waals surface area contributed by atoms with Crippen LogP contribution in [0.25, 0.3) is 0 Å². The Bertz CT molecular complexity index is 1080. The summed E-state index contributed by atoms with van der Waals surface area (Å²) >= 11 is 12.1. The maximum atomic E-state index is 13.3. The standard InChI is InChI=1S/C25H31Cl2N5O3/c1-16-22(29-15-30-23(16)28-9-6-17-4-5-20(26)21(27)13-17)24(33)31-11-7-19(8-12-31)32-10-2-3-18(14-32)25(34)35/h4-5,13,15,18-19H,2-3,6-12,14H2,1H3,(H,34,35)(H,28,29,30). The second-order valence-corrected chi connectivity index (χ2v) is 10.1. The molecule has 2 fully saturated rings. The van der Waals surface area contributed by atoms with Crippen LogP contribution in [-0.4, -0.2) is 75.5 Å². The van der Waals surface area contributed by atoms with Crippen LogP contribution in [0.5, 0.6) is 0 Å². The van der Waals surface area contributed by atoms with Crippen molar-refractivity contribution in [3.8, 4) is 0 Å². The molecule has 0 radical (unpaired) electrons. The number of piperidine rings is 2. The van der Waals surface area contributed by atoms with Crippen molar-refractivity contribution in [2.45, 2.75) is 45.1 Å². The number of aliphatic carboxylic acids is 1. The Morgan fingerprint density at radius 1 is 1.11 bits per heavy atom. The van der Waals surface area contributed by atoms with Crippen molar-refractivity contribution in [3.05, 3.63) is 51.4 Å². The molecular weight excluding hydrogens is 489 g/mol. The van der Waals surface area contributed by atoms with Gasteiger partial charge in [-0.25, -0.2) is 9.97 Å².